The molecular weight excluding hydrogens is 372 g/mol. The van der Waals surface area contributed by atoms with Crippen molar-refractivity contribution in [3.05, 3.63) is 52.5 Å². The Morgan fingerprint density at radius 2 is 1.85 bits per heavy atom. The molecule has 2 N–H and O–H groups in total. The highest BCUT2D eigenvalue weighted by molar-refractivity contribution is 6.34. The van der Waals surface area contributed by atoms with Crippen molar-refractivity contribution in [2.45, 2.75) is 13.8 Å². The van der Waals surface area contributed by atoms with Gasteiger partial charge in [0.1, 0.15) is 5.75 Å². The average Bonchev–Trinajstić information content (AvgIpc) is 2.63. The number of esters is 1. The van der Waals surface area contributed by atoms with Crippen LogP contribution in [0.3, 0.4) is 0 Å². The van der Waals surface area contributed by atoms with Crippen LogP contribution in [0.1, 0.15) is 34.6 Å². The van der Waals surface area contributed by atoms with Gasteiger partial charge in [-0.1, -0.05) is 17.7 Å². The fourth-order valence-electron chi connectivity index (χ4n) is 2.32. The van der Waals surface area contributed by atoms with Gasteiger partial charge in [-0.05, 0) is 31.2 Å². The maximum absolute atomic E-state index is 12.6. The number of anilines is 2. The van der Waals surface area contributed by atoms with E-state index >= 15 is 0 Å². The van der Waals surface area contributed by atoms with Crippen molar-refractivity contribution in [1.82, 2.24) is 0 Å². The zero-order valence-electron chi connectivity index (χ0n) is 15.1. The summed E-state index contributed by atoms with van der Waals surface area (Å²) in [4.78, 5) is 35.7. The molecule has 2 amide bonds. The summed E-state index contributed by atoms with van der Waals surface area (Å²) in [5.74, 6) is -1.02. The fraction of sp³-hybridized carbons (Fsp3) is 0.211. The Morgan fingerprint density at radius 1 is 1.11 bits per heavy atom. The molecule has 0 atom stereocenters. The first-order valence-electron chi connectivity index (χ1n) is 8.09. The summed E-state index contributed by atoms with van der Waals surface area (Å²) < 4.78 is 10.2. The summed E-state index contributed by atoms with van der Waals surface area (Å²) >= 11 is 6.14. The van der Waals surface area contributed by atoms with Crippen LogP contribution < -0.4 is 15.4 Å². The van der Waals surface area contributed by atoms with E-state index in [4.69, 9.17) is 21.1 Å². The standard InChI is InChI=1S/C19H19ClN2O5/c1-4-27-19(25)12-6-5-7-13(8-12)22-18(24)14-9-15(20)16(21-11(2)23)10-17(14)26-3/h5-10H,4H2,1-3H3,(H,21,23)(H,22,24). The van der Waals surface area contributed by atoms with E-state index in [0.29, 0.717) is 16.9 Å². The number of rotatable bonds is 6. The van der Waals surface area contributed by atoms with E-state index in [2.05, 4.69) is 10.6 Å². The third kappa shape index (κ3) is 5.21. The molecular formula is C19H19ClN2O5. The van der Waals surface area contributed by atoms with E-state index in [9.17, 15) is 14.4 Å². The van der Waals surface area contributed by atoms with Crippen molar-refractivity contribution in [3.8, 4) is 5.75 Å². The average molecular weight is 391 g/mol. The molecule has 2 aromatic rings. The molecule has 7 nitrogen and oxygen atoms in total. The van der Waals surface area contributed by atoms with Crippen molar-refractivity contribution in [1.29, 1.82) is 0 Å². The molecule has 0 saturated heterocycles. The molecule has 0 heterocycles. The fourth-order valence-corrected chi connectivity index (χ4v) is 2.53. The molecule has 0 radical (unpaired) electrons. The lowest BCUT2D eigenvalue weighted by atomic mass is 10.1. The third-order valence-electron chi connectivity index (χ3n) is 3.48. The van der Waals surface area contributed by atoms with Crippen LogP contribution >= 0.6 is 11.6 Å². The first kappa shape index (κ1) is 20.3. The van der Waals surface area contributed by atoms with Gasteiger partial charge in [0.05, 0.1) is 35.6 Å². The summed E-state index contributed by atoms with van der Waals surface area (Å²) in [6.07, 6.45) is 0. The first-order chi connectivity index (χ1) is 12.8. The van der Waals surface area contributed by atoms with Crippen LogP contribution in [0.25, 0.3) is 0 Å². The minimum Gasteiger partial charge on any atom is -0.496 e. The van der Waals surface area contributed by atoms with E-state index in [1.165, 1.54) is 32.2 Å². The lowest BCUT2D eigenvalue weighted by Gasteiger charge is -2.13. The smallest absolute Gasteiger partial charge is 0.338 e. The predicted molar refractivity (Wildman–Crippen MR) is 103 cm³/mol. The molecule has 0 unspecified atom stereocenters. The highest BCUT2D eigenvalue weighted by Crippen LogP contribution is 2.31. The number of benzene rings is 2. The Kier molecular flexibility index (Phi) is 6.79. The number of amides is 2. The molecule has 2 aromatic carbocycles. The SMILES string of the molecule is CCOC(=O)c1cccc(NC(=O)c2cc(Cl)c(NC(C)=O)cc2OC)c1. The lowest BCUT2D eigenvalue weighted by Crippen LogP contribution is -2.15. The van der Waals surface area contributed by atoms with Gasteiger partial charge in [0.2, 0.25) is 5.91 Å². The molecule has 0 aliphatic rings. The van der Waals surface area contributed by atoms with Crippen LogP contribution in [0.2, 0.25) is 5.02 Å². The molecule has 0 spiro atoms. The predicted octanol–water partition coefficient (Wildman–Crippen LogP) is 3.74. The van der Waals surface area contributed by atoms with E-state index in [1.807, 2.05) is 0 Å². The second-order valence-corrected chi connectivity index (χ2v) is 5.88. The molecule has 0 bridgehead atoms. The number of hydrogen-bond donors (Lipinski definition) is 2. The minimum absolute atomic E-state index is 0.179. The van der Waals surface area contributed by atoms with Crippen LogP contribution in [0.15, 0.2) is 36.4 Å². The maximum atomic E-state index is 12.6. The number of methoxy groups -OCH3 is 1. The Bertz CT molecular complexity index is 882. The Labute approximate surface area is 161 Å². The van der Waals surface area contributed by atoms with Gasteiger partial charge in [-0.25, -0.2) is 4.79 Å². The van der Waals surface area contributed by atoms with Crippen molar-refractivity contribution in [2.75, 3.05) is 24.4 Å². The van der Waals surface area contributed by atoms with E-state index in [-0.39, 0.29) is 28.8 Å². The molecule has 0 saturated carbocycles. The van der Waals surface area contributed by atoms with Crippen molar-refractivity contribution < 1.29 is 23.9 Å². The van der Waals surface area contributed by atoms with Gasteiger partial charge >= 0.3 is 5.97 Å². The maximum Gasteiger partial charge on any atom is 0.338 e. The molecule has 142 valence electrons. The van der Waals surface area contributed by atoms with Gasteiger partial charge in [-0.3, -0.25) is 9.59 Å². The first-order valence-corrected chi connectivity index (χ1v) is 8.47. The number of nitrogens with one attached hydrogen (secondary N) is 2. The van der Waals surface area contributed by atoms with Crippen molar-refractivity contribution in [2.24, 2.45) is 0 Å². The zero-order valence-corrected chi connectivity index (χ0v) is 15.8. The monoisotopic (exact) mass is 390 g/mol. The topological polar surface area (TPSA) is 93.7 Å². The van der Waals surface area contributed by atoms with Gasteiger partial charge in [0.25, 0.3) is 5.91 Å². The van der Waals surface area contributed by atoms with Gasteiger partial charge < -0.3 is 20.1 Å². The van der Waals surface area contributed by atoms with Gasteiger partial charge in [-0.15, -0.1) is 0 Å². The summed E-state index contributed by atoms with van der Waals surface area (Å²) in [6, 6.07) is 9.24. The summed E-state index contributed by atoms with van der Waals surface area (Å²) in [5.41, 5.74) is 1.25. The Morgan fingerprint density at radius 3 is 2.48 bits per heavy atom. The highest BCUT2D eigenvalue weighted by atomic mass is 35.5. The second kappa shape index (κ2) is 9.05. The molecule has 0 aliphatic carbocycles. The summed E-state index contributed by atoms with van der Waals surface area (Å²) in [6.45, 7) is 3.32. The second-order valence-electron chi connectivity index (χ2n) is 5.47. The zero-order chi connectivity index (χ0) is 20.0. The van der Waals surface area contributed by atoms with Gasteiger partial charge in [0.15, 0.2) is 0 Å². The largest absolute Gasteiger partial charge is 0.496 e. The van der Waals surface area contributed by atoms with Crippen molar-refractivity contribution >= 4 is 40.8 Å². The molecule has 0 aromatic heterocycles. The highest BCUT2D eigenvalue weighted by Gasteiger charge is 2.17. The quantitative estimate of drug-likeness (QED) is 0.733. The van der Waals surface area contributed by atoms with Crippen LogP contribution in [0.5, 0.6) is 5.75 Å². The molecule has 2 rings (SSSR count). The van der Waals surface area contributed by atoms with Crippen molar-refractivity contribution in [3.63, 3.8) is 0 Å². The van der Waals surface area contributed by atoms with Gasteiger partial charge in [-0.2, -0.15) is 0 Å². The van der Waals surface area contributed by atoms with Crippen LogP contribution in [0.4, 0.5) is 11.4 Å². The van der Waals surface area contributed by atoms with E-state index < -0.39 is 11.9 Å². The van der Waals surface area contributed by atoms with E-state index in [0.717, 1.165) is 0 Å². The normalized spacial score (nSPS) is 10.1. The van der Waals surface area contributed by atoms with E-state index in [1.54, 1.807) is 25.1 Å². The number of halogens is 1. The van der Waals surface area contributed by atoms with Crippen LogP contribution in [-0.2, 0) is 9.53 Å². The number of carbonyl (C=O) groups excluding carboxylic acids is 3. The Hall–Kier alpha value is -3.06. The number of carbonyl (C=O) groups is 3. The van der Waals surface area contributed by atoms with Crippen LogP contribution in [0, 0.1) is 0 Å². The number of hydrogen-bond acceptors (Lipinski definition) is 5. The number of ether oxygens (including phenoxy) is 2. The molecule has 0 fully saturated rings. The molecule has 27 heavy (non-hydrogen) atoms. The summed E-state index contributed by atoms with van der Waals surface area (Å²) in [7, 11) is 1.40. The van der Waals surface area contributed by atoms with Gasteiger partial charge in [0, 0.05) is 18.7 Å². The third-order valence-corrected chi connectivity index (χ3v) is 3.79. The summed E-state index contributed by atoms with van der Waals surface area (Å²) in [5, 5.41) is 5.44. The molecule has 0 aliphatic heterocycles. The minimum atomic E-state index is -0.482. The Balaban J connectivity index is 2.28. The molecule has 8 heteroatoms. The van der Waals surface area contributed by atoms with Crippen LogP contribution in [-0.4, -0.2) is 31.5 Å². The lowest BCUT2D eigenvalue weighted by molar-refractivity contribution is -0.114.